The lowest BCUT2D eigenvalue weighted by atomic mass is 9.85. The number of benzene rings is 2. The number of tetrazole rings is 1. The first-order chi connectivity index (χ1) is 17.8. The number of rotatable bonds is 7. The third kappa shape index (κ3) is 6.53. The summed E-state index contributed by atoms with van der Waals surface area (Å²) in [7, 11) is 0. The third-order valence-corrected chi connectivity index (χ3v) is 9.49. The molecular formula is C30H37N5OS2. The Morgan fingerprint density at radius 1 is 1.00 bits per heavy atom. The standard InChI is InChI=1S/C30H37N5OS2/c1-18-15-22(16-19(2)26(18)20-9-11-21(12-10-20)29(3,4)5)37-27(30(6,7)8)23-13-14-24(38-23)28(36)31-17-25-32-34-35-33-25/h9-16,27H,17H2,1-8H3,(H,31,36)(H,32,33,34,35)/t27-/m1/s1. The first kappa shape index (κ1) is 28.0. The molecule has 0 bridgehead atoms. The average molecular weight is 548 g/mol. The number of thioether (sulfide) groups is 1. The van der Waals surface area contributed by atoms with Gasteiger partial charge in [-0.2, -0.15) is 5.21 Å². The summed E-state index contributed by atoms with van der Waals surface area (Å²) in [4.78, 5) is 15.8. The van der Waals surface area contributed by atoms with Gasteiger partial charge in [0.15, 0.2) is 5.82 Å². The molecule has 4 rings (SSSR count). The smallest absolute Gasteiger partial charge is 0.261 e. The predicted molar refractivity (Wildman–Crippen MR) is 158 cm³/mol. The van der Waals surface area contributed by atoms with Crippen molar-refractivity contribution in [2.75, 3.05) is 0 Å². The van der Waals surface area contributed by atoms with Gasteiger partial charge in [0.1, 0.15) is 0 Å². The lowest BCUT2D eigenvalue weighted by Crippen LogP contribution is -2.22. The highest BCUT2D eigenvalue weighted by molar-refractivity contribution is 7.99. The number of nitrogens with zero attached hydrogens (tertiary/aromatic N) is 3. The van der Waals surface area contributed by atoms with Gasteiger partial charge in [-0.1, -0.05) is 71.0 Å². The molecule has 1 amide bonds. The van der Waals surface area contributed by atoms with E-state index < -0.39 is 0 Å². The monoisotopic (exact) mass is 547 g/mol. The minimum atomic E-state index is -0.128. The van der Waals surface area contributed by atoms with Crippen LogP contribution in [0.4, 0.5) is 0 Å². The van der Waals surface area contributed by atoms with E-state index in [0.717, 1.165) is 0 Å². The van der Waals surface area contributed by atoms with Gasteiger partial charge in [0.2, 0.25) is 0 Å². The number of carbonyl (C=O) groups is 1. The number of thiophene rings is 1. The van der Waals surface area contributed by atoms with Crippen molar-refractivity contribution in [1.29, 1.82) is 0 Å². The zero-order chi connectivity index (χ0) is 27.7. The van der Waals surface area contributed by atoms with Gasteiger partial charge >= 0.3 is 0 Å². The number of carbonyl (C=O) groups excluding carboxylic acids is 1. The van der Waals surface area contributed by atoms with E-state index in [1.807, 2.05) is 17.8 Å². The fraction of sp³-hybridized carbons (Fsp3) is 0.400. The van der Waals surface area contributed by atoms with Gasteiger partial charge in [-0.15, -0.1) is 33.3 Å². The summed E-state index contributed by atoms with van der Waals surface area (Å²) >= 11 is 3.42. The van der Waals surface area contributed by atoms with E-state index in [2.05, 4.69) is 124 Å². The summed E-state index contributed by atoms with van der Waals surface area (Å²) in [6, 6.07) is 17.6. The fourth-order valence-electron chi connectivity index (χ4n) is 4.50. The molecule has 0 aliphatic carbocycles. The molecule has 38 heavy (non-hydrogen) atoms. The molecule has 0 spiro atoms. The zero-order valence-electron chi connectivity index (χ0n) is 23.5. The molecular weight excluding hydrogens is 510 g/mol. The summed E-state index contributed by atoms with van der Waals surface area (Å²) in [5, 5.41) is 16.8. The lowest BCUT2D eigenvalue weighted by molar-refractivity contribution is 0.0954. The van der Waals surface area contributed by atoms with Crippen molar-refractivity contribution in [3.63, 3.8) is 0 Å². The number of H-pyrrole nitrogens is 1. The highest BCUT2D eigenvalue weighted by Crippen LogP contribution is 2.50. The zero-order valence-corrected chi connectivity index (χ0v) is 25.1. The highest BCUT2D eigenvalue weighted by Gasteiger charge is 2.30. The molecule has 4 aromatic rings. The minimum Gasteiger partial charge on any atom is -0.344 e. The van der Waals surface area contributed by atoms with Crippen molar-refractivity contribution >= 4 is 29.0 Å². The molecule has 8 heteroatoms. The van der Waals surface area contributed by atoms with E-state index in [0.29, 0.717) is 10.7 Å². The number of aromatic amines is 1. The molecule has 0 radical (unpaired) electrons. The van der Waals surface area contributed by atoms with Crippen molar-refractivity contribution in [1.82, 2.24) is 25.9 Å². The van der Waals surface area contributed by atoms with Crippen molar-refractivity contribution in [3.05, 3.63) is 80.8 Å². The second-order valence-corrected chi connectivity index (χ2v) is 14.1. The van der Waals surface area contributed by atoms with E-state index in [-0.39, 0.29) is 28.5 Å². The van der Waals surface area contributed by atoms with Gasteiger partial charge in [-0.3, -0.25) is 4.79 Å². The van der Waals surface area contributed by atoms with Crippen LogP contribution in [0.2, 0.25) is 0 Å². The first-order valence-corrected chi connectivity index (χ1v) is 14.5. The lowest BCUT2D eigenvalue weighted by Gasteiger charge is -2.30. The summed E-state index contributed by atoms with van der Waals surface area (Å²) in [6.45, 7) is 18.1. The van der Waals surface area contributed by atoms with Crippen LogP contribution in [0.15, 0.2) is 53.4 Å². The van der Waals surface area contributed by atoms with Crippen LogP contribution < -0.4 is 5.32 Å². The largest absolute Gasteiger partial charge is 0.344 e. The highest BCUT2D eigenvalue weighted by atomic mass is 32.2. The van der Waals surface area contributed by atoms with Crippen LogP contribution in [0, 0.1) is 19.3 Å². The summed E-state index contributed by atoms with van der Waals surface area (Å²) in [6.07, 6.45) is 0. The van der Waals surface area contributed by atoms with E-state index in [4.69, 9.17) is 0 Å². The summed E-state index contributed by atoms with van der Waals surface area (Å²) in [5.41, 5.74) is 6.59. The molecule has 6 nitrogen and oxygen atoms in total. The minimum absolute atomic E-state index is 0.00281. The first-order valence-electron chi connectivity index (χ1n) is 12.8. The number of aryl methyl sites for hydroxylation is 2. The van der Waals surface area contributed by atoms with Gasteiger partial charge in [-0.05, 0) is 76.8 Å². The SMILES string of the molecule is Cc1cc(S[C@H](c2ccc(C(=O)NCc3nn[nH]n3)s2)C(C)(C)C)cc(C)c1-c1ccc(C(C)(C)C)cc1. The van der Waals surface area contributed by atoms with Gasteiger partial charge < -0.3 is 5.32 Å². The predicted octanol–water partition coefficient (Wildman–Crippen LogP) is 7.65. The number of aromatic nitrogens is 4. The third-order valence-electron chi connectivity index (χ3n) is 6.49. The van der Waals surface area contributed by atoms with Gasteiger partial charge in [0.25, 0.3) is 5.91 Å². The molecule has 0 saturated heterocycles. The van der Waals surface area contributed by atoms with Crippen LogP contribution in [-0.4, -0.2) is 26.5 Å². The summed E-state index contributed by atoms with van der Waals surface area (Å²) in [5.74, 6) is 0.329. The second-order valence-electron chi connectivity index (χ2n) is 11.8. The van der Waals surface area contributed by atoms with Crippen LogP contribution in [0.5, 0.6) is 0 Å². The molecule has 1 atom stereocenters. The maximum Gasteiger partial charge on any atom is 0.261 e. The Balaban J connectivity index is 1.55. The summed E-state index contributed by atoms with van der Waals surface area (Å²) < 4.78 is 0. The quantitative estimate of drug-likeness (QED) is 0.232. The Hall–Kier alpha value is -2.97. The number of hydrogen-bond donors (Lipinski definition) is 2. The maximum atomic E-state index is 12.7. The Bertz CT molecular complexity index is 1370. The van der Waals surface area contributed by atoms with Crippen LogP contribution in [0.1, 0.15) is 83.9 Å². The maximum absolute atomic E-state index is 12.7. The van der Waals surface area contributed by atoms with E-state index >= 15 is 0 Å². The number of hydrogen-bond acceptors (Lipinski definition) is 6. The number of amides is 1. The van der Waals surface area contributed by atoms with Crippen LogP contribution in [0.3, 0.4) is 0 Å². The molecule has 2 aromatic heterocycles. The van der Waals surface area contributed by atoms with E-state index in [9.17, 15) is 4.79 Å². The molecule has 0 aliphatic heterocycles. The molecule has 0 unspecified atom stereocenters. The Morgan fingerprint density at radius 3 is 2.21 bits per heavy atom. The normalized spacial score (nSPS) is 12.9. The molecule has 2 N–H and O–H groups in total. The average Bonchev–Trinajstić information content (AvgIpc) is 3.52. The van der Waals surface area contributed by atoms with Crippen LogP contribution in [0.25, 0.3) is 11.1 Å². The Kier molecular flexibility index (Phi) is 8.14. The molecule has 0 aliphatic rings. The Labute approximate surface area is 234 Å². The van der Waals surface area contributed by atoms with E-state index in [1.54, 1.807) is 11.3 Å². The van der Waals surface area contributed by atoms with Crippen molar-refractivity contribution in [2.45, 2.75) is 77.5 Å². The van der Waals surface area contributed by atoms with Crippen LogP contribution >= 0.6 is 23.1 Å². The van der Waals surface area contributed by atoms with Gasteiger partial charge in [0.05, 0.1) is 11.4 Å². The topological polar surface area (TPSA) is 83.6 Å². The molecule has 0 fully saturated rings. The van der Waals surface area contributed by atoms with Crippen molar-refractivity contribution in [2.24, 2.45) is 5.41 Å². The Morgan fingerprint density at radius 2 is 1.66 bits per heavy atom. The van der Waals surface area contributed by atoms with Crippen molar-refractivity contribution < 1.29 is 4.79 Å². The number of nitrogens with one attached hydrogen (secondary N) is 2. The molecule has 2 aromatic carbocycles. The second kappa shape index (κ2) is 11.0. The van der Waals surface area contributed by atoms with Crippen molar-refractivity contribution in [3.8, 4) is 11.1 Å². The molecule has 2 heterocycles. The van der Waals surface area contributed by atoms with Crippen LogP contribution in [-0.2, 0) is 12.0 Å². The van der Waals surface area contributed by atoms with Gasteiger partial charge in [-0.25, -0.2) is 0 Å². The van der Waals surface area contributed by atoms with E-state index in [1.165, 1.54) is 37.6 Å². The van der Waals surface area contributed by atoms with Gasteiger partial charge in [0, 0.05) is 15.0 Å². The molecule has 0 saturated carbocycles. The fourth-order valence-corrected chi connectivity index (χ4v) is 7.25. The molecule has 200 valence electrons.